The summed E-state index contributed by atoms with van der Waals surface area (Å²) in [5.41, 5.74) is -0.0437. The van der Waals surface area contributed by atoms with E-state index >= 15 is 0 Å². The molecule has 1 aromatic carbocycles. The summed E-state index contributed by atoms with van der Waals surface area (Å²) < 4.78 is 23.2. The Hall–Kier alpha value is -2.44. The molecule has 27 heavy (non-hydrogen) atoms. The minimum absolute atomic E-state index is 0.182. The summed E-state index contributed by atoms with van der Waals surface area (Å²) in [7, 11) is 1.36. The molecule has 1 aliphatic carbocycles. The summed E-state index contributed by atoms with van der Waals surface area (Å²) in [6.45, 7) is 0.573. The van der Waals surface area contributed by atoms with Crippen molar-refractivity contribution in [1.82, 2.24) is 4.90 Å². The Kier molecular flexibility index (Phi) is 5.77. The molecule has 7 heteroatoms. The minimum Gasteiger partial charge on any atom is -0.469 e. The first kappa shape index (κ1) is 19.3. The van der Waals surface area contributed by atoms with Crippen molar-refractivity contribution in [3.8, 4) is 0 Å². The van der Waals surface area contributed by atoms with Crippen molar-refractivity contribution >= 4 is 17.8 Å². The molecule has 1 heterocycles. The van der Waals surface area contributed by atoms with Gasteiger partial charge in [-0.25, -0.2) is 4.39 Å². The van der Waals surface area contributed by atoms with Crippen molar-refractivity contribution < 1.29 is 28.2 Å². The van der Waals surface area contributed by atoms with Crippen molar-refractivity contribution in [2.24, 2.45) is 5.92 Å². The van der Waals surface area contributed by atoms with Crippen LogP contribution in [0.4, 0.5) is 4.39 Å². The summed E-state index contributed by atoms with van der Waals surface area (Å²) in [6, 6.07) is 5.88. The lowest BCUT2D eigenvalue weighted by Gasteiger charge is -2.39. The summed E-state index contributed by atoms with van der Waals surface area (Å²) in [5, 5.41) is 0. The van der Waals surface area contributed by atoms with Gasteiger partial charge in [-0.15, -0.1) is 0 Å². The van der Waals surface area contributed by atoms with E-state index in [1.165, 1.54) is 19.2 Å². The molecule has 146 valence electrons. The van der Waals surface area contributed by atoms with Gasteiger partial charge in [0.1, 0.15) is 5.82 Å². The molecule has 2 fully saturated rings. The van der Waals surface area contributed by atoms with E-state index in [-0.39, 0.29) is 30.2 Å². The van der Waals surface area contributed by atoms with Crippen molar-refractivity contribution in [1.29, 1.82) is 0 Å². The highest BCUT2D eigenvalue weighted by Crippen LogP contribution is 2.44. The van der Waals surface area contributed by atoms with Crippen LogP contribution < -0.4 is 0 Å². The van der Waals surface area contributed by atoms with Gasteiger partial charge in [-0.3, -0.25) is 14.4 Å². The fourth-order valence-electron chi connectivity index (χ4n) is 3.80. The molecular weight excluding hydrogens is 353 g/mol. The standard InChI is InChI=1S/C20H24FNO5/c1-26-18(24)14-7-11-22(12-8-14)17(23)13-27-19(25)20(9-2-10-20)15-3-5-16(21)6-4-15/h3-6,14H,2,7-13H2,1H3. The zero-order chi connectivity index (χ0) is 19.4. The van der Waals surface area contributed by atoms with Gasteiger partial charge in [0.25, 0.3) is 5.91 Å². The Bertz CT molecular complexity index is 706. The third-order valence-electron chi connectivity index (χ3n) is 5.70. The molecular formula is C20H24FNO5. The molecule has 0 atom stereocenters. The van der Waals surface area contributed by atoms with Crippen LogP contribution in [0.5, 0.6) is 0 Å². The number of piperidine rings is 1. The highest BCUT2D eigenvalue weighted by Gasteiger charge is 2.47. The first-order valence-corrected chi connectivity index (χ1v) is 9.25. The van der Waals surface area contributed by atoms with Gasteiger partial charge in [-0.2, -0.15) is 0 Å². The van der Waals surface area contributed by atoms with E-state index in [0.29, 0.717) is 38.8 Å². The summed E-state index contributed by atoms with van der Waals surface area (Å²) in [5.74, 6) is -1.48. The number of nitrogens with zero attached hydrogens (tertiary/aromatic N) is 1. The largest absolute Gasteiger partial charge is 0.469 e. The van der Waals surface area contributed by atoms with E-state index in [1.54, 1.807) is 17.0 Å². The summed E-state index contributed by atoms with van der Waals surface area (Å²) in [4.78, 5) is 38.2. The van der Waals surface area contributed by atoms with E-state index in [0.717, 1.165) is 12.0 Å². The van der Waals surface area contributed by atoms with Gasteiger partial charge < -0.3 is 14.4 Å². The van der Waals surface area contributed by atoms with Crippen LogP contribution in [0, 0.1) is 11.7 Å². The van der Waals surface area contributed by atoms with Gasteiger partial charge >= 0.3 is 11.9 Å². The minimum atomic E-state index is -0.772. The Morgan fingerprint density at radius 1 is 1.15 bits per heavy atom. The quantitative estimate of drug-likeness (QED) is 0.736. The number of rotatable bonds is 5. The number of likely N-dealkylation sites (tertiary alicyclic amines) is 1. The Morgan fingerprint density at radius 2 is 1.78 bits per heavy atom. The molecule has 0 N–H and O–H groups in total. The van der Waals surface area contributed by atoms with Gasteiger partial charge in [0.2, 0.25) is 0 Å². The van der Waals surface area contributed by atoms with Crippen molar-refractivity contribution in [2.45, 2.75) is 37.5 Å². The predicted octanol–water partition coefficient (Wildman–Crippen LogP) is 2.20. The lowest BCUT2D eigenvalue weighted by atomic mass is 9.64. The molecule has 0 aromatic heterocycles. The van der Waals surface area contributed by atoms with Gasteiger partial charge in [0.15, 0.2) is 6.61 Å². The highest BCUT2D eigenvalue weighted by atomic mass is 19.1. The normalized spacial score (nSPS) is 19.1. The number of carbonyl (C=O) groups is 3. The number of hydrogen-bond donors (Lipinski definition) is 0. The molecule has 0 unspecified atom stereocenters. The number of carbonyl (C=O) groups excluding carboxylic acids is 3. The van der Waals surface area contributed by atoms with Crippen molar-refractivity contribution in [2.75, 3.05) is 26.8 Å². The maximum Gasteiger partial charge on any atom is 0.317 e. The summed E-state index contributed by atoms with van der Waals surface area (Å²) >= 11 is 0. The summed E-state index contributed by atoms with van der Waals surface area (Å²) in [6.07, 6.45) is 3.26. The average Bonchev–Trinajstić information content (AvgIpc) is 2.66. The number of methoxy groups -OCH3 is 1. The van der Waals surface area contributed by atoms with E-state index in [1.807, 2.05) is 0 Å². The smallest absolute Gasteiger partial charge is 0.317 e. The molecule has 1 saturated carbocycles. The fourth-order valence-corrected chi connectivity index (χ4v) is 3.80. The third kappa shape index (κ3) is 3.96. The van der Waals surface area contributed by atoms with E-state index in [4.69, 9.17) is 9.47 Å². The second-order valence-corrected chi connectivity index (χ2v) is 7.20. The van der Waals surface area contributed by atoms with Crippen LogP contribution >= 0.6 is 0 Å². The number of ether oxygens (including phenoxy) is 2. The lowest BCUT2D eigenvalue weighted by molar-refractivity contribution is -0.161. The zero-order valence-corrected chi connectivity index (χ0v) is 15.4. The van der Waals surface area contributed by atoms with E-state index < -0.39 is 11.4 Å². The Labute approximate surface area is 157 Å². The molecule has 0 spiro atoms. The lowest BCUT2D eigenvalue weighted by Crippen LogP contribution is -2.46. The SMILES string of the molecule is COC(=O)C1CCN(C(=O)COC(=O)C2(c3ccc(F)cc3)CCC2)CC1. The van der Waals surface area contributed by atoms with Crippen LogP contribution in [0.25, 0.3) is 0 Å². The monoisotopic (exact) mass is 377 g/mol. The predicted molar refractivity (Wildman–Crippen MR) is 94.2 cm³/mol. The molecule has 1 saturated heterocycles. The maximum atomic E-state index is 13.2. The number of esters is 2. The third-order valence-corrected chi connectivity index (χ3v) is 5.70. The van der Waals surface area contributed by atoms with Gasteiger partial charge in [-0.1, -0.05) is 18.6 Å². The van der Waals surface area contributed by atoms with Crippen LogP contribution in [-0.2, 0) is 29.3 Å². The van der Waals surface area contributed by atoms with Crippen molar-refractivity contribution in [3.63, 3.8) is 0 Å². The van der Waals surface area contributed by atoms with Gasteiger partial charge in [0.05, 0.1) is 18.4 Å². The first-order valence-electron chi connectivity index (χ1n) is 9.25. The number of amides is 1. The molecule has 1 aromatic rings. The zero-order valence-electron chi connectivity index (χ0n) is 15.4. The Morgan fingerprint density at radius 3 is 2.30 bits per heavy atom. The fraction of sp³-hybridized carbons (Fsp3) is 0.550. The number of benzene rings is 1. The van der Waals surface area contributed by atoms with Crippen LogP contribution in [0.3, 0.4) is 0 Å². The van der Waals surface area contributed by atoms with E-state index in [2.05, 4.69) is 0 Å². The second-order valence-electron chi connectivity index (χ2n) is 7.20. The molecule has 2 aliphatic rings. The van der Waals surface area contributed by atoms with Crippen molar-refractivity contribution in [3.05, 3.63) is 35.6 Å². The molecule has 3 rings (SSSR count). The first-order chi connectivity index (χ1) is 13.0. The number of hydrogen-bond acceptors (Lipinski definition) is 5. The Balaban J connectivity index is 1.53. The van der Waals surface area contributed by atoms with Gasteiger partial charge in [-0.05, 0) is 43.4 Å². The maximum absolute atomic E-state index is 13.2. The topological polar surface area (TPSA) is 72.9 Å². The average molecular weight is 377 g/mol. The highest BCUT2D eigenvalue weighted by molar-refractivity contribution is 5.87. The molecule has 6 nitrogen and oxygen atoms in total. The van der Waals surface area contributed by atoms with E-state index in [9.17, 15) is 18.8 Å². The van der Waals surface area contributed by atoms with Crippen LogP contribution in [0.2, 0.25) is 0 Å². The molecule has 0 bridgehead atoms. The molecule has 1 aliphatic heterocycles. The van der Waals surface area contributed by atoms with Crippen LogP contribution in [0.15, 0.2) is 24.3 Å². The van der Waals surface area contributed by atoms with Crippen LogP contribution in [0.1, 0.15) is 37.7 Å². The van der Waals surface area contributed by atoms with Gasteiger partial charge in [0, 0.05) is 13.1 Å². The van der Waals surface area contributed by atoms with Crippen LogP contribution in [-0.4, -0.2) is 49.6 Å². The molecule has 0 radical (unpaired) electrons. The second kappa shape index (κ2) is 8.06. The molecule has 1 amide bonds. The number of halogens is 1.